The van der Waals surface area contributed by atoms with Crippen molar-refractivity contribution in [3.8, 4) is 0 Å². The normalized spacial score (nSPS) is 31.0. The zero-order chi connectivity index (χ0) is 18.7. The molecule has 4 aliphatic rings. The predicted octanol–water partition coefficient (Wildman–Crippen LogP) is 0.803. The number of unbranched alkanes of at least 4 members (excludes halogenated alkanes) is 1. The van der Waals surface area contributed by atoms with Gasteiger partial charge in [0, 0.05) is 13.2 Å². The molecule has 8 nitrogen and oxygen atoms in total. The topological polar surface area (TPSA) is 87.0 Å². The van der Waals surface area contributed by atoms with Crippen molar-refractivity contribution >= 4 is 0 Å². The van der Waals surface area contributed by atoms with Crippen LogP contribution in [0.3, 0.4) is 0 Å². The van der Waals surface area contributed by atoms with Crippen LogP contribution < -0.4 is 0 Å². The molecule has 27 heavy (non-hydrogen) atoms. The Morgan fingerprint density at radius 2 is 1.07 bits per heavy atom. The maximum Gasteiger partial charge on any atom is 0.104 e. The highest BCUT2D eigenvalue weighted by Crippen LogP contribution is 2.12. The number of ether oxygens (including phenoxy) is 8. The summed E-state index contributed by atoms with van der Waals surface area (Å²) in [6.07, 6.45) is 3.75. The van der Waals surface area contributed by atoms with E-state index in [0.29, 0.717) is 44.2 Å². The van der Waals surface area contributed by atoms with E-state index >= 15 is 0 Å². The van der Waals surface area contributed by atoms with Crippen LogP contribution in [0.2, 0.25) is 0 Å². The lowest BCUT2D eigenvalue weighted by Crippen LogP contribution is -2.19. The highest BCUT2D eigenvalue weighted by molar-refractivity contribution is 4.70. The van der Waals surface area contributed by atoms with E-state index < -0.39 is 0 Å². The number of rotatable bonds is 16. The Kier molecular flexibility index (Phi) is 9.73. The zero-order valence-corrected chi connectivity index (χ0v) is 16.3. The van der Waals surface area contributed by atoms with Crippen molar-refractivity contribution in [3.05, 3.63) is 0 Å². The van der Waals surface area contributed by atoms with Crippen LogP contribution in [0.4, 0.5) is 0 Å². The van der Waals surface area contributed by atoms with Gasteiger partial charge in [-0.3, -0.25) is 0 Å². The van der Waals surface area contributed by atoms with Crippen LogP contribution in [-0.4, -0.2) is 103 Å². The lowest BCUT2D eigenvalue weighted by atomic mass is 10.3. The molecule has 158 valence electrons. The molecule has 4 saturated heterocycles. The van der Waals surface area contributed by atoms with Gasteiger partial charge in [0.25, 0.3) is 0 Å². The molecule has 0 aromatic heterocycles. The summed E-state index contributed by atoms with van der Waals surface area (Å²) in [7, 11) is 0. The van der Waals surface area contributed by atoms with E-state index in [1.165, 1.54) is 0 Å². The lowest BCUT2D eigenvalue weighted by Gasteiger charge is -2.11. The van der Waals surface area contributed by atoms with E-state index in [4.69, 9.17) is 37.9 Å². The first-order valence-corrected chi connectivity index (χ1v) is 10.1. The van der Waals surface area contributed by atoms with E-state index in [-0.39, 0.29) is 6.10 Å². The molecule has 4 heterocycles. The Balaban J connectivity index is 0.000000156. The van der Waals surface area contributed by atoms with Gasteiger partial charge in [-0.15, -0.1) is 0 Å². The fourth-order valence-corrected chi connectivity index (χ4v) is 2.18. The molecule has 0 aliphatic carbocycles. The van der Waals surface area contributed by atoms with Gasteiger partial charge in [-0.25, -0.2) is 0 Å². The Hall–Kier alpha value is -0.320. The Morgan fingerprint density at radius 3 is 1.52 bits per heavy atom. The molecular formula is C19H34O8. The summed E-state index contributed by atoms with van der Waals surface area (Å²) in [5, 5.41) is 0. The van der Waals surface area contributed by atoms with Crippen LogP contribution in [0.5, 0.6) is 0 Å². The standard InChI is InChI=1S/C10H18O4.C9H16O4/c1(3-11-5-9-7-13-9)2-4-12-6-10-8-14-10;1-7(11-4-9-6-13-9)2-10-3-8-5-12-8/h9-10H,1-8H2;7-9H,2-6H2,1H3. The highest BCUT2D eigenvalue weighted by atomic mass is 16.6. The van der Waals surface area contributed by atoms with Crippen molar-refractivity contribution < 1.29 is 37.9 Å². The number of hydrogen-bond acceptors (Lipinski definition) is 8. The summed E-state index contributed by atoms with van der Waals surface area (Å²) in [6.45, 7) is 10.7. The lowest BCUT2D eigenvalue weighted by molar-refractivity contribution is -0.0146. The number of hydrogen-bond donors (Lipinski definition) is 0. The average Bonchev–Trinajstić information content (AvgIpc) is 3.48. The molecule has 0 N–H and O–H groups in total. The minimum Gasteiger partial charge on any atom is -0.379 e. The fraction of sp³-hybridized carbons (Fsp3) is 1.00. The second-order valence-corrected chi connectivity index (χ2v) is 7.36. The summed E-state index contributed by atoms with van der Waals surface area (Å²) >= 11 is 0. The molecule has 8 heteroatoms. The van der Waals surface area contributed by atoms with Crippen LogP contribution in [0.1, 0.15) is 19.8 Å². The Labute approximate surface area is 161 Å². The van der Waals surface area contributed by atoms with Gasteiger partial charge < -0.3 is 37.9 Å². The van der Waals surface area contributed by atoms with Crippen LogP contribution >= 0.6 is 0 Å². The predicted molar refractivity (Wildman–Crippen MR) is 96.1 cm³/mol. The van der Waals surface area contributed by atoms with Crippen molar-refractivity contribution in [1.29, 1.82) is 0 Å². The van der Waals surface area contributed by atoms with Gasteiger partial charge in [-0.2, -0.15) is 0 Å². The molecule has 0 bridgehead atoms. The molecule has 4 fully saturated rings. The van der Waals surface area contributed by atoms with Crippen LogP contribution in [0.25, 0.3) is 0 Å². The molecule has 0 spiro atoms. The first-order chi connectivity index (χ1) is 13.3. The zero-order valence-electron chi connectivity index (χ0n) is 16.3. The van der Waals surface area contributed by atoms with Crippen LogP contribution in [0.15, 0.2) is 0 Å². The van der Waals surface area contributed by atoms with Gasteiger partial charge in [-0.05, 0) is 19.8 Å². The summed E-state index contributed by atoms with van der Waals surface area (Å²) in [6, 6.07) is 0. The van der Waals surface area contributed by atoms with Crippen molar-refractivity contribution in [2.24, 2.45) is 0 Å². The second-order valence-electron chi connectivity index (χ2n) is 7.36. The van der Waals surface area contributed by atoms with Gasteiger partial charge in [0.05, 0.1) is 65.6 Å². The van der Waals surface area contributed by atoms with Gasteiger partial charge in [0.1, 0.15) is 24.4 Å². The van der Waals surface area contributed by atoms with Crippen molar-refractivity contribution in [2.75, 3.05) is 72.7 Å². The van der Waals surface area contributed by atoms with Crippen molar-refractivity contribution in [2.45, 2.75) is 50.3 Å². The minimum absolute atomic E-state index is 0.156. The molecular weight excluding hydrogens is 356 g/mol. The third-order valence-corrected chi connectivity index (χ3v) is 4.27. The summed E-state index contributed by atoms with van der Waals surface area (Å²) in [5.74, 6) is 0. The van der Waals surface area contributed by atoms with E-state index in [1.807, 2.05) is 6.92 Å². The third kappa shape index (κ3) is 12.7. The number of epoxide rings is 4. The second kappa shape index (κ2) is 12.3. The third-order valence-electron chi connectivity index (χ3n) is 4.27. The molecule has 0 aromatic rings. The highest BCUT2D eigenvalue weighted by Gasteiger charge is 2.25. The minimum atomic E-state index is 0.156. The first kappa shape index (κ1) is 21.4. The Bertz CT molecular complexity index is 362. The van der Waals surface area contributed by atoms with Crippen molar-refractivity contribution in [1.82, 2.24) is 0 Å². The summed E-state index contributed by atoms with van der Waals surface area (Å²) in [4.78, 5) is 0. The summed E-state index contributed by atoms with van der Waals surface area (Å²) < 4.78 is 41.7. The molecule has 4 aliphatic heterocycles. The van der Waals surface area contributed by atoms with E-state index in [0.717, 1.165) is 65.7 Å². The molecule has 4 rings (SSSR count). The molecule has 0 saturated carbocycles. The summed E-state index contributed by atoms with van der Waals surface area (Å²) in [5.41, 5.74) is 0. The smallest absolute Gasteiger partial charge is 0.104 e. The van der Waals surface area contributed by atoms with E-state index in [1.54, 1.807) is 0 Å². The molecule has 5 atom stereocenters. The average molecular weight is 390 g/mol. The van der Waals surface area contributed by atoms with Gasteiger partial charge in [-0.1, -0.05) is 0 Å². The van der Waals surface area contributed by atoms with Crippen molar-refractivity contribution in [3.63, 3.8) is 0 Å². The van der Waals surface area contributed by atoms with Crippen LogP contribution in [-0.2, 0) is 37.9 Å². The largest absolute Gasteiger partial charge is 0.379 e. The van der Waals surface area contributed by atoms with Gasteiger partial charge >= 0.3 is 0 Å². The van der Waals surface area contributed by atoms with E-state index in [2.05, 4.69) is 0 Å². The maximum absolute atomic E-state index is 5.48. The molecule has 0 aromatic carbocycles. The van der Waals surface area contributed by atoms with Gasteiger partial charge in [0.15, 0.2) is 0 Å². The molecule has 5 unspecified atom stereocenters. The van der Waals surface area contributed by atoms with E-state index in [9.17, 15) is 0 Å². The molecule has 0 radical (unpaired) electrons. The molecule has 0 amide bonds. The fourth-order valence-electron chi connectivity index (χ4n) is 2.18. The maximum atomic E-state index is 5.48. The van der Waals surface area contributed by atoms with Crippen LogP contribution in [0, 0.1) is 0 Å². The Morgan fingerprint density at radius 1 is 0.667 bits per heavy atom. The first-order valence-electron chi connectivity index (χ1n) is 10.1. The SMILES string of the molecule is C(CCOCC1CO1)COCC1CO1.CC(COCC1CO1)OCC1CO1. The van der Waals surface area contributed by atoms with Gasteiger partial charge in [0.2, 0.25) is 0 Å². The quantitative estimate of drug-likeness (QED) is 0.283. The monoisotopic (exact) mass is 390 g/mol.